The van der Waals surface area contributed by atoms with Crippen LogP contribution in [0.4, 0.5) is 10.1 Å². The molecular weight excluding hydrogens is 353 g/mol. The number of carbonyl (C=O) groups is 1. The van der Waals surface area contributed by atoms with Gasteiger partial charge in [0.15, 0.2) is 5.69 Å². The highest BCUT2D eigenvalue weighted by Gasteiger charge is 2.21. The highest BCUT2D eigenvalue weighted by atomic mass is 19.1. The van der Waals surface area contributed by atoms with E-state index >= 15 is 0 Å². The summed E-state index contributed by atoms with van der Waals surface area (Å²) in [6.07, 6.45) is 1.18. The fourth-order valence-corrected chi connectivity index (χ4v) is 2.41. The number of hydrogen-bond acceptors (Lipinski definition) is 5. The van der Waals surface area contributed by atoms with Crippen molar-refractivity contribution in [2.75, 3.05) is 6.61 Å². The van der Waals surface area contributed by atoms with Gasteiger partial charge in [-0.2, -0.15) is 0 Å². The topological polar surface area (TPSA) is 96.7 Å². The average Bonchev–Trinajstić information content (AvgIpc) is 2.99. The van der Waals surface area contributed by atoms with Crippen LogP contribution in [0.15, 0.2) is 58.3 Å². The number of nitrogens with zero attached hydrogens (tertiary/aromatic N) is 2. The molecule has 0 aliphatic carbocycles. The number of ether oxygens (including phenoxy) is 1. The zero-order valence-electron chi connectivity index (χ0n) is 14.3. The van der Waals surface area contributed by atoms with Gasteiger partial charge in [-0.15, -0.1) is 0 Å². The van der Waals surface area contributed by atoms with Gasteiger partial charge in [-0.3, -0.25) is 14.9 Å². The lowest BCUT2D eigenvalue weighted by Crippen LogP contribution is -2.17. The summed E-state index contributed by atoms with van der Waals surface area (Å²) in [5, 5.41) is 12.5. The van der Waals surface area contributed by atoms with Gasteiger partial charge in [0, 0.05) is 6.21 Å². The minimum atomic E-state index is -0.728. The number of H-pyrrole nitrogens is 1. The number of hydrogen-bond donors (Lipinski definition) is 2. The predicted octanol–water partition coefficient (Wildman–Crippen LogP) is 2.94. The lowest BCUT2D eigenvalue weighted by molar-refractivity contribution is 0.0519. The number of benzene rings is 2. The molecule has 1 aromatic heterocycles. The molecule has 0 aliphatic heterocycles. The maximum Gasteiger partial charge on any atom is 0.357 e. The van der Waals surface area contributed by atoms with Crippen molar-refractivity contribution in [3.8, 4) is 11.4 Å². The van der Waals surface area contributed by atoms with E-state index in [0.717, 1.165) is 4.68 Å². The van der Waals surface area contributed by atoms with Gasteiger partial charge in [0.05, 0.1) is 17.9 Å². The molecule has 0 amide bonds. The second-order valence-electron chi connectivity index (χ2n) is 5.48. The molecule has 3 aromatic rings. The number of para-hydroxylation sites is 2. The first-order valence-corrected chi connectivity index (χ1v) is 8.11. The van der Waals surface area contributed by atoms with Crippen molar-refractivity contribution in [1.82, 2.24) is 9.78 Å². The second kappa shape index (κ2) is 7.69. The molecule has 3 rings (SSSR count). The molecular formula is C19H16FN3O4. The standard InChI is InChI=1S/C19H16FN3O4/c1-2-27-19(26)17-14(11-21-15-5-3-4-6-16(15)24)18(25)23(22-17)13-9-7-12(20)8-10-13/h3-11,22,24H,2H2,1H3. The summed E-state index contributed by atoms with van der Waals surface area (Å²) < 4.78 is 19.2. The van der Waals surface area contributed by atoms with Crippen LogP contribution < -0.4 is 5.56 Å². The molecule has 0 aliphatic rings. The van der Waals surface area contributed by atoms with Crippen LogP contribution in [0.5, 0.6) is 5.75 Å². The summed E-state index contributed by atoms with van der Waals surface area (Å²) in [4.78, 5) is 29.1. The number of halogens is 1. The maximum atomic E-state index is 13.1. The van der Waals surface area contributed by atoms with Crippen LogP contribution in [0.3, 0.4) is 0 Å². The fourth-order valence-electron chi connectivity index (χ4n) is 2.41. The third-order valence-corrected chi connectivity index (χ3v) is 3.71. The first kappa shape index (κ1) is 18.1. The Labute approximate surface area is 153 Å². The van der Waals surface area contributed by atoms with Crippen molar-refractivity contribution in [3.63, 3.8) is 0 Å². The van der Waals surface area contributed by atoms with Crippen LogP contribution in [0.1, 0.15) is 23.0 Å². The number of phenols is 1. The zero-order chi connectivity index (χ0) is 19.4. The molecule has 27 heavy (non-hydrogen) atoms. The molecule has 8 heteroatoms. The molecule has 2 N–H and O–H groups in total. The minimum Gasteiger partial charge on any atom is -0.506 e. The van der Waals surface area contributed by atoms with Crippen LogP contribution in [-0.2, 0) is 4.74 Å². The first-order valence-electron chi connectivity index (χ1n) is 8.11. The Morgan fingerprint density at radius 2 is 1.96 bits per heavy atom. The van der Waals surface area contributed by atoms with Crippen molar-refractivity contribution < 1.29 is 19.0 Å². The van der Waals surface area contributed by atoms with E-state index in [4.69, 9.17) is 4.74 Å². The smallest absolute Gasteiger partial charge is 0.357 e. The normalized spacial score (nSPS) is 11.0. The number of phenolic OH excluding ortho intramolecular Hbond substituents is 1. The highest BCUT2D eigenvalue weighted by molar-refractivity contribution is 5.98. The van der Waals surface area contributed by atoms with Gasteiger partial charge in [0.1, 0.15) is 17.3 Å². The largest absolute Gasteiger partial charge is 0.506 e. The van der Waals surface area contributed by atoms with Crippen LogP contribution in [-0.4, -0.2) is 33.7 Å². The molecule has 0 atom stereocenters. The van der Waals surface area contributed by atoms with Crippen molar-refractivity contribution >= 4 is 17.9 Å². The number of aromatic amines is 1. The number of carbonyl (C=O) groups excluding carboxylic acids is 1. The van der Waals surface area contributed by atoms with Gasteiger partial charge in [0.25, 0.3) is 5.56 Å². The van der Waals surface area contributed by atoms with E-state index in [-0.39, 0.29) is 29.3 Å². The van der Waals surface area contributed by atoms with E-state index in [1.54, 1.807) is 25.1 Å². The lowest BCUT2D eigenvalue weighted by atomic mass is 10.2. The second-order valence-corrected chi connectivity index (χ2v) is 5.48. The van der Waals surface area contributed by atoms with Crippen LogP contribution >= 0.6 is 0 Å². The van der Waals surface area contributed by atoms with Gasteiger partial charge in [0.2, 0.25) is 0 Å². The van der Waals surface area contributed by atoms with Gasteiger partial charge in [-0.1, -0.05) is 12.1 Å². The minimum absolute atomic E-state index is 0.0407. The van der Waals surface area contributed by atoms with Crippen molar-refractivity contribution in [2.24, 2.45) is 4.99 Å². The van der Waals surface area contributed by atoms with E-state index in [2.05, 4.69) is 10.1 Å². The van der Waals surface area contributed by atoms with E-state index in [1.807, 2.05) is 0 Å². The molecule has 2 aromatic carbocycles. The summed E-state index contributed by atoms with van der Waals surface area (Å²) in [7, 11) is 0. The molecule has 138 valence electrons. The number of aliphatic imine (C=N–C) groups is 1. The molecule has 0 saturated carbocycles. The average molecular weight is 369 g/mol. The van der Waals surface area contributed by atoms with Crippen LogP contribution in [0.2, 0.25) is 0 Å². The van der Waals surface area contributed by atoms with Gasteiger partial charge in [-0.25, -0.2) is 13.9 Å². The summed E-state index contributed by atoms with van der Waals surface area (Å²) >= 11 is 0. The number of nitrogens with one attached hydrogen (secondary N) is 1. The van der Waals surface area contributed by atoms with Crippen LogP contribution in [0, 0.1) is 5.82 Å². The predicted molar refractivity (Wildman–Crippen MR) is 97.7 cm³/mol. The fraction of sp³-hybridized carbons (Fsp3) is 0.105. The van der Waals surface area contributed by atoms with Gasteiger partial charge < -0.3 is 9.84 Å². The summed E-state index contributed by atoms with van der Waals surface area (Å²) in [5.41, 5.74) is -0.120. The molecule has 1 heterocycles. The Hall–Kier alpha value is -3.68. The number of esters is 1. The molecule has 0 fully saturated rings. The monoisotopic (exact) mass is 369 g/mol. The quantitative estimate of drug-likeness (QED) is 0.534. The van der Waals surface area contributed by atoms with Gasteiger partial charge >= 0.3 is 5.97 Å². The molecule has 0 saturated heterocycles. The Morgan fingerprint density at radius 1 is 1.26 bits per heavy atom. The number of aromatic hydroxyl groups is 1. The molecule has 0 bridgehead atoms. The summed E-state index contributed by atoms with van der Waals surface area (Å²) in [6.45, 7) is 1.77. The van der Waals surface area contributed by atoms with E-state index in [9.17, 15) is 19.1 Å². The van der Waals surface area contributed by atoms with Crippen molar-refractivity contribution in [1.29, 1.82) is 0 Å². The highest BCUT2D eigenvalue weighted by Crippen LogP contribution is 2.24. The molecule has 0 spiro atoms. The summed E-state index contributed by atoms with van der Waals surface area (Å²) in [5.74, 6) is -1.25. The Bertz CT molecular complexity index is 1050. The first-order chi connectivity index (χ1) is 13.0. The SMILES string of the molecule is CCOC(=O)c1[nH]n(-c2ccc(F)cc2)c(=O)c1C=Nc1ccccc1O. The maximum absolute atomic E-state index is 13.1. The summed E-state index contributed by atoms with van der Waals surface area (Å²) in [6, 6.07) is 11.5. The molecule has 0 radical (unpaired) electrons. The van der Waals surface area contributed by atoms with E-state index in [0.29, 0.717) is 5.69 Å². The number of aromatic nitrogens is 2. The molecule has 7 nitrogen and oxygen atoms in total. The zero-order valence-corrected chi connectivity index (χ0v) is 14.3. The van der Waals surface area contributed by atoms with E-state index in [1.165, 1.54) is 36.5 Å². The van der Waals surface area contributed by atoms with Crippen molar-refractivity contribution in [2.45, 2.75) is 6.92 Å². The Balaban J connectivity index is 2.10. The van der Waals surface area contributed by atoms with Crippen molar-refractivity contribution in [3.05, 3.63) is 76.0 Å². The van der Waals surface area contributed by atoms with E-state index < -0.39 is 17.3 Å². The lowest BCUT2D eigenvalue weighted by Gasteiger charge is -2.02. The van der Waals surface area contributed by atoms with Crippen LogP contribution in [0.25, 0.3) is 5.69 Å². The molecule has 0 unspecified atom stereocenters. The Kier molecular flexibility index (Phi) is 5.16. The number of rotatable bonds is 5. The Morgan fingerprint density at radius 3 is 2.63 bits per heavy atom. The third kappa shape index (κ3) is 3.79. The third-order valence-electron chi connectivity index (χ3n) is 3.71. The van der Waals surface area contributed by atoms with Gasteiger partial charge in [-0.05, 0) is 43.3 Å².